The van der Waals surface area contributed by atoms with E-state index in [-0.39, 0.29) is 17.9 Å². The zero-order chi connectivity index (χ0) is 23.4. The first-order valence-corrected chi connectivity index (χ1v) is 12.4. The quantitative estimate of drug-likeness (QED) is 0.555. The average molecular weight is 462 g/mol. The fraction of sp³-hybridized carbons (Fsp3) is 0.750. The van der Waals surface area contributed by atoms with Crippen LogP contribution in [0, 0.1) is 5.92 Å². The molecule has 2 aliphatic carbocycles. The van der Waals surface area contributed by atoms with Gasteiger partial charge >= 0.3 is 12.1 Å². The molecule has 0 spiro atoms. The Bertz CT molecular complexity index is 808. The van der Waals surface area contributed by atoms with Crippen LogP contribution in [0.5, 0.6) is 0 Å². The van der Waals surface area contributed by atoms with E-state index in [2.05, 4.69) is 10.6 Å². The second kappa shape index (κ2) is 10.1. The molecule has 2 saturated carbocycles. The number of allylic oxidation sites excluding steroid dienone is 1. The summed E-state index contributed by atoms with van der Waals surface area (Å²) in [5, 5.41) is 15.3. The molecule has 2 heterocycles. The SMILES string of the molecule is O=C(N[C@H]1CCCCC/C=C\C2C[C@@]2(C(=O)O)NC(=O)[C@@H]2CCCN2C1=O)OC1CCCC1. The average Bonchev–Trinajstić information content (AvgIpc) is 3.14. The van der Waals surface area contributed by atoms with E-state index in [1.54, 1.807) is 0 Å². The third-order valence-corrected chi connectivity index (χ3v) is 7.48. The molecule has 9 heteroatoms. The van der Waals surface area contributed by atoms with Gasteiger partial charge in [-0.2, -0.15) is 0 Å². The number of carbonyl (C=O) groups excluding carboxylic acids is 3. The number of amides is 3. The number of ether oxygens (including phenoxy) is 1. The standard InChI is InChI=1S/C24H35N3O6/c28-20-19-13-8-14-27(19)21(29)18(25-23(32)33-17-10-6-7-11-17)12-5-3-1-2-4-9-16-15-24(16,26-20)22(30)31/h4,9,16-19H,1-3,5-8,10-15H2,(H,25,32)(H,26,28)(H,30,31)/b9-4-/t16?,18-,19-,24+/m0/s1. The largest absolute Gasteiger partial charge is 0.479 e. The molecule has 0 aromatic rings. The maximum Gasteiger partial charge on any atom is 0.408 e. The number of carbonyl (C=O) groups is 4. The Morgan fingerprint density at radius 1 is 1.06 bits per heavy atom. The number of hydrogen-bond acceptors (Lipinski definition) is 5. The molecule has 2 aliphatic heterocycles. The van der Waals surface area contributed by atoms with Crippen molar-refractivity contribution in [1.29, 1.82) is 0 Å². The molecule has 3 amide bonds. The topological polar surface area (TPSA) is 125 Å². The lowest BCUT2D eigenvalue weighted by Gasteiger charge is -2.29. The van der Waals surface area contributed by atoms with E-state index in [0.29, 0.717) is 32.2 Å². The lowest BCUT2D eigenvalue weighted by molar-refractivity contribution is -0.145. The molecule has 4 aliphatic rings. The van der Waals surface area contributed by atoms with E-state index < -0.39 is 35.6 Å². The number of nitrogens with one attached hydrogen (secondary N) is 2. The van der Waals surface area contributed by atoms with Crippen molar-refractivity contribution in [2.45, 2.75) is 101 Å². The van der Waals surface area contributed by atoms with Gasteiger partial charge in [-0.1, -0.05) is 25.0 Å². The van der Waals surface area contributed by atoms with Gasteiger partial charge in [0.15, 0.2) is 0 Å². The van der Waals surface area contributed by atoms with Gasteiger partial charge in [-0.25, -0.2) is 9.59 Å². The predicted octanol–water partition coefficient (Wildman–Crippen LogP) is 2.49. The summed E-state index contributed by atoms with van der Waals surface area (Å²) in [5.74, 6) is -1.99. The lowest BCUT2D eigenvalue weighted by atomic mass is 10.1. The molecule has 1 saturated heterocycles. The van der Waals surface area contributed by atoms with Crippen LogP contribution in [-0.4, -0.2) is 64.2 Å². The molecule has 4 atom stereocenters. The van der Waals surface area contributed by atoms with Gasteiger partial charge in [0.2, 0.25) is 11.8 Å². The number of alkyl carbamates (subject to hydrolysis) is 1. The number of carboxylic acid groups (broad SMARTS) is 1. The number of nitrogens with zero attached hydrogens (tertiary/aromatic N) is 1. The van der Waals surface area contributed by atoms with Crippen molar-refractivity contribution in [3.63, 3.8) is 0 Å². The van der Waals surface area contributed by atoms with Gasteiger partial charge in [0.05, 0.1) is 0 Å². The summed E-state index contributed by atoms with van der Waals surface area (Å²) >= 11 is 0. The van der Waals surface area contributed by atoms with Gasteiger partial charge in [0.1, 0.15) is 23.7 Å². The van der Waals surface area contributed by atoms with Crippen molar-refractivity contribution >= 4 is 23.9 Å². The van der Waals surface area contributed by atoms with E-state index in [1.165, 1.54) is 4.90 Å². The van der Waals surface area contributed by atoms with E-state index in [1.807, 2.05) is 12.2 Å². The molecule has 0 bridgehead atoms. The first-order chi connectivity index (χ1) is 15.9. The summed E-state index contributed by atoms with van der Waals surface area (Å²) in [7, 11) is 0. The van der Waals surface area contributed by atoms with Gasteiger partial charge in [0.25, 0.3) is 0 Å². The minimum atomic E-state index is -1.28. The number of carboxylic acids is 1. The van der Waals surface area contributed by atoms with Crippen LogP contribution in [0.15, 0.2) is 12.2 Å². The Balaban J connectivity index is 1.48. The van der Waals surface area contributed by atoms with Gasteiger partial charge in [-0.05, 0) is 64.2 Å². The van der Waals surface area contributed by atoms with Crippen molar-refractivity contribution < 1.29 is 29.0 Å². The summed E-state index contributed by atoms with van der Waals surface area (Å²) in [6.07, 6.45) is 12.3. The smallest absolute Gasteiger partial charge is 0.408 e. The third kappa shape index (κ3) is 5.33. The summed E-state index contributed by atoms with van der Waals surface area (Å²) in [6.45, 7) is 0.413. The maximum absolute atomic E-state index is 13.4. The van der Waals surface area contributed by atoms with Crippen molar-refractivity contribution in [2.24, 2.45) is 5.92 Å². The lowest BCUT2D eigenvalue weighted by Crippen LogP contribution is -2.56. The Kier molecular flexibility index (Phi) is 7.24. The number of rotatable bonds is 3. The minimum absolute atomic E-state index is 0.0989. The van der Waals surface area contributed by atoms with Crippen LogP contribution in [-0.2, 0) is 19.1 Å². The first-order valence-electron chi connectivity index (χ1n) is 12.4. The molecule has 33 heavy (non-hydrogen) atoms. The first kappa shape index (κ1) is 23.6. The van der Waals surface area contributed by atoms with Crippen molar-refractivity contribution in [1.82, 2.24) is 15.5 Å². The Labute approximate surface area is 194 Å². The highest BCUT2D eigenvalue weighted by Crippen LogP contribution is 2.45. The Morgan fingerprint density at radius 2 is 1.82 bits per heavy atom. The van der Waals surface area contributed by atoms with Crippen LogP contribution in [0.25, 0.3) is 0 Å². The second-order valence-corrected chi connectivity index (χ2v) is 9.84. The van der Waals surface area contributed by atoms with Crippen LogP contribution in [0.4, 0.5) is 4.79 Å². The molecule has 0 radical (unpaired) electrons. The number of aliphatic carboxylic acids is 1. The Morgan fingerprint density at radius 3 is 2.58 bits per heavy atom. The molecular formula is C24H35N3O6. The van der Waals surface area contributed by atoms with E-state index in [4.69, 9.17) is 4.74 Å². The van der Waals surface area contributed by atoms with Gasteiger partial charge in [-0.15, -0.1) is 0 Å². The summed E-state index contributed by atoms with van der Waals surface area (Å²) in [5.41, 5.74) is -1.28. The number of fused-ring (bicyclic) bond motifs is 2. The zero-order valence-corrected chi connectivity index (χ0v) is 19.1. The summed E-state index contributed by atoms with van der Waals surface area (Å²) in [4.78, 5) is 52.5. The maximum atomic E-state index is 13.4. The minimum Gasteiger partial charge on any atom is -0.479 e. The summed E-state index contributed by atoms with van der Waals surface area (Å²) in [6, 6.07) is -1.48. The van der Waals surface area contributed by atoms with Crippen molar-refractivity contribution in [3.05, 3.63) is 12.2 Å². The van der Waals surface area contributed by atoms with E-state index in [9.17, 15) is 24.3 Å². The highest BCUT2D eigenvalue weighted by molar-refractivity contribution is 5.96. The monoisotopic (exact) mass is 461 g/mol. The normalized spacial score (nSPS) is 34.3. The molecule has 0 aromatic heterocycles. The van der Waals surface area contributed by atoms with Crippen LogP contribution >= 0.6 is 0 Å². The fourth-order valence-electron chi connectivity index (χ4n) is 5.41. The van der Waals surface area contributed by atoms with Gasteiger partial charge < -0.3 is 25.4 Å². The van der Waals surface area contributed by atoms with Crippen molar-refractivity contribution in [3.8, 4) is 0 Å². The third-order valence-electron chi connectivity index (χ3n) is 7.48. The Hall–Kier alpha value is -2.58. The molecule has 4 rings (SSSR count). The number of hydrogen-bond donors (Lipinski definition) is 3. The predicted molar refractivity (Wildman–Crippen MR) is 119 cm³/mol. The molecular weight excluding hydrogens is 426 g/mol. The van der Waals surface area contributed by atoms with Crippen LogP contribution < -0.4 is 10.6 Å². The molecule has 1 unspecified atom stereocenters. The van der Waals surface area contributed by atoms with Gasteiger partial charge in [-0.3, -0.25) is 9.59 Å². The highest BCUT2D eigenvalue weighted by atomic mass is 16.6. The second-order valence-electron chi connectivity index (χ2n) is 9.84. The zero-order valence-electron chi connectivity index (χ0n) is 19.1. The van der Waals surface area contributed by atoms with Crippen molar-refractivity contribution in [2.75, 3.05) is 6.54 Å². The van der Waals surface area contributed by atoms with E-state index >= 15 is 0 Å². The molecule has 3 N–H and O–H groups in total. The molecule has 182 valence electrons. The van der Waals surface area contributed by atoms with Gasteiger partial charge in [0, 0.05) is 12.5 Å². The molecule has 9 nitrogen and oxygen atoms in total. The highest BCUT2D eigenvalue weighted by Gasteiger charge is 2.61. The van der Waals surface area contributed by atoms with Crippen LogP contribution in [0.3, 0.4) is 0 Å². The van der Waals surface area contributed by atoms with E-state index in [0.717, 1.165) is 51.4 Å². The summed E-state index contributed by atoms with van der Waals surface area (Å²) < 4.78 is 5.51. The fourth-order valence-corrected chi connectivity index (χ4v) is 5.41. The molecule has 0 aromatic carbocycles. The van der Waals surface area contributed by atoms with Crippen LogP contribution in [0.1, 0.15) is 77.0 Å². The molecule has 3 fully saturated rings. The van der Waals surface area contributed by atoms with Crippen LogP contribution in [0.2, 0.25) is 0 Å².